The van der Waals surface area contributed by atoms with Crippen LogP contribution >= 0.6 is 0 Å². The summed E-state index contributed by atoms with van der Waals surface area (Å²) in [4.78, 5) is 37.4. The smallest absolute Gasteiger partial charge is 0.254 e. The number of rotatable bonds is 1. The van der Waals surface area contributed by atoms with E-state index in [0.29, 0.717) is 24.5 Å². The molecule has 2 unspecified atom stereocenters. The van der Waals surface area contributed by atoms with E-state index in [0.717, 1.165) is 19.3 Å². The monoisotopic (exact) mass is 245 g/mol. The highest BCUT2D eigenvalue weighted by Crippen LogP contribution is 2.56. The summed E-state index contributed by atoms with van der Waals surface area (Å²) >= 11 is 0. The molecule has 0 aromatic carbocycles. The van der Waals surface area contributed by atoms with Gasteiger partial charge in [-0.15, -0.1) is 0 Å². The molecule has 1 aliphatic heterocycles. The summed E-state index contributed by atoms with van der Waals surface area (Å²) in [6.07, 6.45) is 7.00. The van der Waals surface area contributed by atoms with Gasteiger partial charge in [0.1, 0.15) is 5.78 Å². The Hall–Kier alpha value is -1.45. The second-order valence-electron chi connectivity index (χ2n) is 6.32. The van der Waals surface area contributed by atoms with E-state index in [-0.39, 0.29) is 29.2 Å². The predicted molar refractivity (Wildman–Crippen MR) is 62.3 cm³/mol. The molecule has 0 saturated heterocycles. The largest absolute Gasteiger partial charge is 0.299 e. The number of hydrogen-bond acceptors (Lipinski definition) is 3. The molecular formula is C14H15NO3. The zero-order valence-corrected chi connectivity index (χ0v) is 10.1. The van der Waals surface area contributed by atoms with Crippen molar-refractivity contribution in [1.82, 2.24) is 4.90 Å². The first-order valence-electron chi connectivity index (χ1n) is 6.69. The number of Topliss-reactive ketones (excluding diaryl/α,β-unsaturated/α-hetero) is 1. The Balaban J connectivity index is 1.75. The van der Waals surface area contributed by atoms with Crippen LogP contribution in [0.15, 0.2) is 12.2 Å². The van der Waals surface area contributed by atoms with E-state index in [1.54, 1.807) is 0 Å². The summed E-state index contributed by atoms with van der Waals surface area (Å²) in [5.74, 6) is 0.730. The molecule has 1 heterocycles. The van der Waals surface area contributed by atoms with Crippen LogP contribution in [0.5, 0.6) is 0 Å². The van der Waals surface area contributed by atoms with Crippen molar-refractivity contribution >= 4 is 17.6 Å². The molecule has 18 heavy (non-hydrogen) atoms. The van der Waals surface area contributed by atoms with Gasteiger partial charge < -0.3 is 0 Å². The molecule has 4 bridgehead atoms. The Morgan fingerprint density at radius 2 is 1.50 bits per heavy atom. The van der Waals surface area contributed by atoms with Crippen molar-refractivity contribution in [3.05, 3.63) is 12.2 Å². The normalized spacial score (nSPS) is 45.4. The van der Waals surface area contributed by atoms with Crippen LogP contribution in [-0.4, -0.2) is 28.0 Å². The molecule has 0 N–H and O–H groups in total. The highest BCUT2D eigenvalue weighted by Gasteiger charge is 2.59. The lowest BCUT2D eigenvalue weighted by molar-refractivity contribution is -0.164. The lowest BCUT2D eigenvalue weighted by atomic mass is 9.52. The van der Waals surface area contributed by atoms with E-state index >= 15 is 0 Å². The van der Waals surface area contributed by atoms with Crippen molar-refractivity contribution < 1.29 is 14.4 Å². The zero-order chi connectivity index (χ0) is 12.5. The van der Waals surface area contributed by atoms with Gasteiger partial charge in [-0.05, 0) is 38.0 Å². The third-order valence-electron chi connectivity index (χ3n) is 5.25. The van der Waals surface area contributed by atoms with Crippen LogP contribution in [0.25, 0.3) is 0 Å². The summed E-state index contributed by atoms with van der Waals surface area (Å²) < 4.78 is 0. The molecule has 4 nitrogen and oxygen atoms in total. The Morgan fingerprint density at radius 3 is 2.06 bits per heavy atom. The molecule has 2 amide bonds. The number of ketones is 1. The predicted octanol–water partition coefficient (Wildman–Crippen LogP) is 1.06. The number of amides is 2. The minimum atomic E-state index is -0.345. The standard InChI is InChI=1S/C14H15NO3/c16-11-1-2-12(17)15(11)14-5-8-3-9(6-14)13(18)10(4-8)7-14/h1-2,8-10H,3-7H2. The molecule has 0 radical (unpaired) electrons. The zero-order valence-electron chi connectivity index (χ0n) is 10.1. The van der Waals surface area contributed by atoms with Crippen molar-refractivity contribution in [3.8, 4) is 0 Å². The molecular weight excluding hydrogens is 230 g/mol. The summed E-state index contributed by atoms with van der Waals surface area (Å²) in [6.45, 7) is 0. The maximum absolute atomic E-state index is 12.1. The first kappa shape index (κ1) is 10.5. The average molecular weight is 245 g/mol. The summed E-state index contributed by atoms with van der Waals surface area (Å²) in [6, 6.07) is 0. The van der Waals surface area contributed by atoms with Crippen molar-refractivity contribution in [2.24, 2.45) is 17.8 Å². The molecule has 4 heteroatoms. The molecule has 0 aromatic rings. The third kappa shape index (κ3) is 1.13. The van der Waals surface area contributed by atoms with Gasteiger partial charge >= 0.3 is 0 Å². The van der Waals surface area contributed by atoms with Crippen molar-refractivity contribution in [1.29, 1.82) is 0 Å². The van der Waals surface area contributed by atoms with Crippen molar-refractivity contribution in [2.75, 3.05) is 0 Å². The molecule has 0 spiro atoms. The number of imide groups is 1. The van der Waals surface area contributed by atoms with E-state index < -0.39 is 0 Å². The summed E-state index contributed by atoms with van der Waals surface area (Å²) in [7, 11) is 0. The molecule has 4 aliphatic carbocycles. The second kappa shape index (κ2) is 3.11. The molecule has 5 rings (SSSR count). The van der Waals surface area contributed by atoms with Crippen molar-refractivity contribution in [2.45, 2.75) is 37.6 Å². The highest BCUT2D eigenvalue weighted by molar-refractivity contribution is 6.13. The quantitative estimate of drug-likeness (QED) is 0.649. The van der Waals surface area contributed by atoms with Crippen LogP contribution in [0, 0.1) is 17.8 Å². The minimum Gasteiger partial charge on any atom is -0.299 e. The molecule has 2 atom stereocenters. The Kier molecular flexibility index (Phi) is 1.81. The first-order chi connectivity index (χ1) is 8.59. The second-order valence-corrected chi connectivity index (χ2v) is 6.32. The van der Waals surface area contributed by atoms with Gasteiger partial charge in [0.2, 0.25) is 0 Å². The molecule has 94 valence electrons. The lowest BCUT2D eigenvalue weighted by Crippen LogP contribution is -2.64. The number of hydrogen-bond donors (Lipinski definition) is 0. The fraction of sp³-hybridized carbons (Fsp3) is 0.643. The van der Waals surface area contributed by atoms with Crippen LogP contribution < -0.4 is 0 Å². The lowest BCUT2D eigenvalue weighted by Gasteiger charge is -2.58. The van der Waals surface area contributed by atoms with E-state index in [2.05, 4.69) is 0 Å². The Bertz CT molecular complexity index is 471. The van der Waals surface area contributed by atoms with Gasteiger partial charge in [-0.2, -0.15) is 0 Å². The summed E-state index contributed by atoms with van der Waals surface area (Å²) in [5.41, 5.74) is -0.345. The SMILES string of the molecule is O=C1C2CC3CC1CC(N1C(=O)C=CC1=O)(C3)C2. The van der Waals surface area contributed by atoms with Gasteiger partial charge in [0.15, 0.2) is 0 Å². The highest BCUT2D eigenvalue weighted by atomic mass is 16.2. The van der Waals surface area contributed by atoms with E-state index in [9.17, 15) is 14.4 Å². The maximum atomic E-state index is 12.1. The fourth-order valence-electron chi connectivity index (χ4n) is 4.85. The average Bonchev–Trinajstić information content (AvgIpc) is 2.65. The Labute approximate surface area is 105 Å². The fourth-order valence-corrected chi connectivity index (χ4v) is 4.85. The van der Waals surface area contributed by atoms with Gasteiger partial charge in [-0.25, -0.2) is 0 Å². The van der Waals surface area contributed by atoms with Crippen LogP contribution in [0.1, 0.15) is 32.1 Å². The van der Waals surface area contributed by atoms with Crippen LogP contribution in [-0.2, 0) is 14.4 Å². The number of carbonyl (C=O) groups is 3. The van der Waals surface area contributed by atoms with Crippen molar-refractivity contribution in [3.63, 3.8) is 0 Å². The van der Waals surface area contributed by atoms with Gasteiger partial charge in [-0.1, -0.05) is 0 Å². The molecule has 4 fully saturated rings. The topological polar surface area (TPSA) is 54.5 Å². The summed E-state index contributed by atoms with van der Waals surface area (Å²) in [5, 5.41) is 0. The molecule has 0 aromatic heterocycles. The maximum Gasteiger partial charge on any atom is 0.254 e. The third-order valence-corrected chi connectivity index (χ3v) is 5.25. The number of nitrogens with zero attached hydrogens (tertiary/aromatic N) is 1. The van der Waals surface area contributed by atoms with Crippen LogP contribution in [0.3, 0.4) is 0 Å². The molecule has 5 aliphatic rings. The number of carbonyl (C=O) groups excluding carboxylic acids is 3. The van der Waals surface area contributed by atoms with Crippen LogP contribution in [0.2, 0.25) is 0 Å². The molecule has 4 saturated carbocycles. The van der Waals surface area contributed by atoms with E-state index in [4.69, 9.17) is 0 Å². The van der Waals surface area contributed by atoms with Gasteiger partial charge in [0, 0.05) is 24.0 Å². The van der Waals surface area contributed by atoms with Gasteiger partial charge in [0.25, 0.3) is 11.8 Å². The van der Waals surface area contributed by atoms with Gasteiger partial charge in [-0.3, -0.25) is 19.3 Å². The van der Waals surface area contributed by atoms with Crippen LogP contribution in [0.4, 0.5) is 0 Å². The van der Waals surface area contributed by atoms with E-state index in [1.165, 1.54) is 17.1 Å². The van der Waals surface area contributed by atoms with Gasteiger partial charge in [0.05, 0.1) is 5.54 Å². The van der Waals surface area contributed by atoms with E-state index in [1.807, 2.05) is 0 Å². The first-order valence-corrected chi connectivity index (χ1v) is 6.69. The minimum absolute atomic E-state index is 0.0949. The Morgan fingerprint density at radius 1 is 0.944 bits per heavy atom.